The normalized spacial score (nSPS) is 23.2. The van der Waals surface area contributed by atoms with Crippen molar-refractivity contribution in [2.45, 2.75) is 45.8 Å². The number of benzene rings is 1. The third kappa shape index (κ3) is 3.33. The minimum atomic E-state index is 0.299. The first-order valence-corrected chi connectivity index (χ1v) is 7.00. The molecule has 1 aliphatic rings. The number of hydrogen-bond acceptors (Lipinski definition) is 2. The molecular weight excluding hydrogens is 220 g/mol. The van der Waals surface area contributed by atoms with E-state index in [4.69, 9.17) is 0 Å². The zero-order chi connectivity index (χ0) is 13.2. The largest absolute Gasteiger partial charge is 0.296 e. The molecule has 2 rings (SSSR count). The first kappa shape index (κ1) is 13.6. The van der Waals surface area contributed by atoms with Crippen molar-refractivity contribution < 1.29 is 0 Å². The van der Waals surface area contributed by atoms with E-state index in [9.17, 15) is 0 Å². The Balaban J connectivity index is 1.94. The summed E-state index contributed by atoms with van der Waals surface area (Å²) in [7, 11) is 0. The fourth-order valence-corrected chi connectivity index (χ4v) is 2.66. The minimum absolute atomic E-state index is 0.299. The first-order chi connectivity index (χ1) is 8.47. The van der Waals surface area contributed by atoms with E-state index in [1.54, 1.807) is 0 Å². The molecule has 2 nitrogen and oxygen atoms in total. The van der Waals surface area contributed by atoms with Gasteiger partial charge >= 0.3 is 0 Å². The minimum Gasteiger partial charge on any atom is -0.296 e. The van der Waals surface area contributed by atoms with E-state index in [2.05, 4.69) is 67.8 Å². The SMILES string of the molecule is CC1CN(C(C)(C)C)CCN1Cc1ccccc1. The van der Waals surface area contributed by atoms with Crippen molar-refractivity contribution in [1.29, 1.82) is 0 Å². The van der Waals surface area contributed by atoms with Crippen molar-refractivity contribution in [3.63, 3.8) is 0 Å². The molecule has 0 N–H and O–H groups in total. The molecule has 1 fully saturated rings. The highest BCUT2D eigenvalue weighted by Crippen LogP contribution is 2.20. The third-order valence-corrected chi connectivity index (χ3v) is 3.94. The van der Waals surface area contributed by atoms with Crippen LogP contribution in [0.4, 0.5) is 0 Å². The maximum atomic E-state index is 2.60. The Hall–Kier alpha value is -0.860. The lowest BCUT2D eigenvalue weighted by Gasteiger charge is -2.45. The Bertz CT molecular complexity index is 366. The van der Waals surface area contributed by atoms with Gasteiger partial charge in [0.2, 0.25) is 0 Å². The summed E-state index contributed by atoms with van der Waals surface area (Å²) in [4.78, 5) is 5.19. The molecule has 2 heteroatoms. The Morgan fingerprint density at radius 1 is 1.11 bits per heavy atom. The Morgan fingerprint density at radius 2 is 1.78 bits per heavy atom. The lowest BCUT2D eigenvalue weighted by molar-refractivity contribution is 0.0246. The van der Waals surface area contributed by atoms with Crippen molar-refractivity contribution >= 4 is 0 Å². The topological polar surface area (TPSA) is 6.48 Å². The summed E-state index contributed by atoms with van der Waals surface area (Å²) in [5.74, 6) is 0. The second-order valence-corrected chi connectivity index (χ2v) is 6.42. The van der Waals surface area contributed by atoms with Crippen molar-refractivity contribution in [2.75, 3.05) is 19.6 Å². The Morgan fingerprint density at radius 3 is 2.33 bits per heavy atom. The van der Waals surface area contributed by atoms with Gasteiger partial charge in [0, 0.05) is 37.8 Å². The quantitative estimate of drug-likeness (QED) is 0.791. The summed E-state index contributed by atoms with van der Waals surface area (Å²) in [6, 6.07) is 11.4. The van der Waals surface area contributed by atoms with Crippen LogP contribution >= 0.6 is 0 Å². The van der Waals surface area contributed by atoms with Crippen LogP contribution < -0.4 is 0 Å². The van der Waals surface area contributed by atoms with E-state index >= 15 is 0 Å². The number of nitrogens with zero attached hydrogens (tertiary/aromatic N) is 2. The van der Waals surface area contributed by atoms with Crippen molar-refractivity contribution in [1.82, 2.24) is 9.80 Å². The fraction of sp³-hybridized carbons (Fsp3) is 0.625. The highest BCUT2D eigenvalue weighted by atomic mass is 15.3. The van der Waals surface area contributed by atoms with Gasteiger partial charge in [0.1, 0.15) is 0 Å². The third-order valence-electron chi connectivity index (χ3n) is 3.94. The molecule has 1 aromatic carbocycles. The average Bonchev–Trinajstić information content (AvgIpc) is 2.32. The van der Waals surface area contributed by atoms with Crippen LogP contribution in [0.15, 0.2) is 30.3 Å². The van der Waals surface area contributed by atoms with Crippen LogP contribution in [-0.2, 0) is 6.54 Å². The standard InChI is InChI=1S/C16H26N2/c1-14-12-18(16(2,3)4)11-10-17(14)13-15-8-6-5-7-9-15/h5-9,14H,10-13H2,1-4H3. The van der Waals surface area contributed by atoms with E-state index in [1.807, 2.05) is 0 Å². The van der Waals surface area contributed by atoms with Gasteiger partial charge in [-0.25, -0.2) is 0 Å². The molecule has 0 amide bonds. The van der Waals surface area contributed by atoms with Gasteiger partial charge in [-0.2, -0.15) is 0 Å². The van der Waals surface area contributed by atoms with E-state index in [1.165, 1.54) is 25.2 Å². The fourth-order valence-electron chi connectivity index (χ4n) is 2.66. The second-order valence-electron chi connectivity index (χ2n) is 6.42. The van der Waals surface area contributed by atoms with Gasteiger partial charge in [-0.15, -0.1) is 0 Å². The summed E-state index contributed by atoms with van der Waals surface area (Å²) >= 11 is 0. The smallest absolute Gasteiger partial charge is 0.0237 e. The molecule has 0 aliphatic carbocycles. The monoisotopic (exact) mass is 246 g/mol. The van der Waals surface area contributed by atoms with Crippen LogP contribution in [0.2, 0.25) is 0 Å². The van der Waals surface area contributed by atoms with Crippen LogP contribution in [0.1, 0.15) is 33.3 Å². The van der Waals surface area contributed by atoms with E-state index in [0.717, 1.165) is 6.54 Å². The summed E-state index contributed by atoms with van der Waals surface area (Å²) in [6.45, 7) is 13.9. The molecule has 1 unspecified atom stereocenters. The van der Waals surface area contributed by atoms with Gasteiger partial charge in [-0.1, -0.05) is 30.3 Å². The van der Waals surface area contributed by atoms with Crippen LogP contribution in [0.25, 0.3) is 0 Å². The molecule has 1 aliphatic heterocycles. The maximum absolute atomic E-state index is 2.60. The zero-order valence-electron chi connectivity index (χ0n) is 12.2. The lowest BCUT2D eigenvalue weighted by Crippen LogP contribution is -2.56. The molecule has 100 valence electrons. The van der Waals surface area contributed by atoms with Gasteiger partial charge < -0.3 is 0 Å². The van der Waals surface area contributed by atoms with E-state index in [-0.39, 0.29) is 0 Å². The van der Waals surface area contributed by atoms with Crippen LogP contribution in [0.3, 0.4) is 0 Å². The molecule has 0 spiro atoms. The Kier molecular flexibility index (Phi) is 4.08. The molecule has 1 atom stereocenters. The first-order valence-electron chi connectivity index (χ1n) is 7.00. The van der Waals surface area contributed by atoms with Crippen molar-refractivity contribution in [2.24, 2.45) is 0 Å². The number of hydrogen-bond donors (Lipinski definition) is 0. The van der Waals surface area contributed by atoms with Gasteiger partial charge in [-0.05, 0) is 33.3 Å². The molecule has 18 heavy (non-hydrogen) atoms. The predicted octanol–water partition coefficient (Wildman–Crippen LogP) is 2.99. The van der Waals surface area contributed by atoms with Gasteiger partial charge in [0.15, 0.2) is 0 Å². The van der Waals surface area contributed by atoms with Crippen LogP contribution in [0.5, 0.6) is 0 Å². The molecule has 0 saturated carbocycles. The molecular formula is C16H26N2. The lowest BCUT2D eigenvalue weighted by atomic mass is 10.0. The summed E-state index contributed by atoms with van der Waals surface area (Å²) in [6.07, 6.45) is 0. The molecule has 0 aromatic heterocycles. The predicted molar refractivity (Wildman–Crippen MR) is 77.6 cm³/mol. The average molecular weight is 246 g/mol. The molecule has 0 bridgehead atoms. The van der Waals surface area contributed by atoms with Crippen molar-refractivity contribution in [3.05, 3.63) is 35.9 Å². The van der Waals surface area contributed by atoms with Gasteiger partial charge in [-0.3, -0.25) is 9.80 Å². The Labute approximate surface area is 112 Å². The molecule has 1 saturated heterocycles. The number of rotatable bonds is 2. The van der Waals surface area contributed by atoms with Crippen LogP contribution in [-0.4, -0.2) is 41.0 Å². The van der Waals surface area contributed by atoms with E-state index in [0.29, 0.717) is 11.6 Å². The van der Waals surface area contributed by atoms with Crippen LogP contribution in [0, 0.1) is 0 Å². The summed E-state index contributed by atoms with van der Waals surface area (Å²) < 4.78 is 0. The summed E-state index contributed by atoms with van der Waals surface area (Å²) in [5.41, 5.74) is 1.72. The van der Waals surface area contributed by atoms with E-state index < -0.39 is 0 Å². The zero-order valence-corrected chi connectivity index (χ0v) is 12.2. The highest BCUT2D eigenvalue weighted by Gasteiger charge is 2.29. The molecule has 1 heterocycles. The summed E-state index contributed by atoms with van der Waals surface area (Å²) in [5, 5.41) is 0. The maximum Gasteiger partial charge on any atom is 0.0237 e. The molecule has 0 radical (unpaired) electrons. The van der Waals surface area contributed by atoms with Gasteiger partial charge in [0.25, 0.3) is 0 Å². The molecule has 1 aromatic rings. The second kappa shape index (κ2) is 5.41. The van der Waals surface area contributed by atoms with Gasteiger partial charge in [0.05, 0.1) is 0 Å². The van der Waals surface area contributed by atoms with Crippen molar-refractivity contribution in [3.8, 4) is 0 Å². The number of piperazine rings is 1. The highest BCUT2D eigenvalue weighted by molar-refractivity contribution is 5.14.